The summed E-state index contributed by atoms with van der Waals surface area (Å²) in [6.07, 6.45) is 0. The average Bonchev–Trinajstić information content (AvgIpc) is 2.70. The maximum absolute atomic E-state index is 12.5. The first-order valence-corrected chi connectivity index (χ1v) is 6.70. The number of rotatable bonds is 2. The van der Waals surface area contributed by atoms with Gasteiger partial charge in [0, 0.05) is 0 Å². The van der Waals surface area contributed by atoms with Crippen LogP contribution in [0.3, 0.4) is 0 Å². The first-order valence-electron chi connectivity index (χ1n) is 6.70. The van der Waals surface area contributed by atoms with Crippen molar-refractivity contribution in [2.45, 2.75) is 19.4 Å². The molecule has 0 saturated carbocycles. The fourth-order valence-electron chi connectivity index (χ4n) is 2.43. The molecule has 2 aromatic rings. The van der Waals surface area contributed by atoms with E-state index in [2.05, 4.69) is 0 Å². The zero-order valence-electron chi connectivity index (χ0n) is 11.8. The number of carbonyl (C=O) groups excluding carboxylic acids is 2. The molecule has 106 valence electrons. The van der Waals surface area contributed by atoms with E-state index in [0.717, 1.165) is 0 Å². The van der Waals surface area contributed by atoms with Crippen molar-refractivity contribution in [3.05, 3.63) is 65.2 Å². The number of aliphatic hydroxyl groups is 1. The van der Waals surface area contributed by atoms with Gasteiger partial charge in [0.25, 0.3) is 11.8 Å². The second kappa shape index (κ2) is 4.53. The topological polar surface area (TPSA) is 57.6 Å². The molecule has 2 aromatic carbocycles. The Kier molecular flexibility index (Phi) is 2.92. The third kappa shape index (κ3) is 2.14. The molecule has 2 amide bonds. The lowest BCUT2D eigenvalue weighted by molar-refractivity contribution is 0.0784. The van der Waals surface area contributed by atoms with Crippen molar-refractivity contribution in [3.8, 4) is 0 Å². The summed E-state index contributed by atoms with van der Waals surface area (Å²) in [5.41, 5.74) is 0.810. The van der Waals surface area contributed by atoms with Gasteiger partial charge in [0.15, 0.2) is 0 Å². The molecule has 0 spiro atoms. The predicted octanol–water partition coefficient (Wildman–Crippen LogP) is 2.71. The number of para-hydroxylation sites is 1. The molecule has 1 heterocycles. The van der Waals surface area contributed by atoms with Crippen molar-refractivity contribution in [2.75, 3.05) is 4.90 Å². The number of hydrogen-bond donors (Lipinski definition) is 1. The Morgan fingerprint density at radius 2 is 1.52 bits per heavy atom. The fraction of sp³-hybridized carbons (Fsp3) is 0.176. The summed E-state index contributed by atoms with van der Waals surface area (Å²) in [5, 5.41) is 10.0. The number of amides is 2. The lowest BCUT2D eigenvalue weighted by atomic mass is 9.95. The number of benzene rings is 2. The van der Waals surface area contributed by atoms with Crippen LogP contribution in [0.4, 0.5) is 5.69 Å². The van der Waals surface area contributed by atoms with Gasteiger partial charge < -0.3 is 5.11 Å². The van der Waals surface area contributed by atoms with Crippen LogP contribution in [0.5, 0.6) is 0 Å². The van der Waals surface area contributed by atoms with Crippen molar-refractivity contribution in [1.29, 1.82) is 0 Å². The van der Waals surface area contributed by atoms with Crippen molar-refractivity contribution in [2.24, 2.45) is 0 Å². The molecule has 1 aliphatic heterocycles. The highest BCUT2D eigenvalue weighted by Crippen LogP contribution is 2.31. The van der Waals surface area contributed by atoms with Crippen LogP contribution in [-0.2, 0) is 5.60 Å². The summed E-state index contributed by atoms with van der Waals surface area (Å²) in [6.45, 7) is 3.29. The van der Waals surface area contributed by atoms with Crippen LogP contribution < -0.4 is 4.90 Å². The third-order valence-corrected chi connectivity index (χ3v) is 3.61. The standard InChI is InChI=1S/C17H15NO3/c1-17(2,21)11-8-9-13-14(10-11)16(20)18(15(13)19)12-6-4-3-5-7-12/h3-10,21H,1-2H3. The van der Waals surface area contributed by atoms with Gasteiger partial charge in [-0.1, -0.05) is 24.3 Å². The molecular formula is C17H15NO3. The summed E-state index contributed by atoms with van der Waals surface area (Å²) in [7, 11) is 0. The first kappa shape index (κ1) is 13.5. The molecule has 0 unspecified atom stereocenters. The Hall–Kier alpha value is -2.46. The van der Waals surface area contributed by atoms with Gasteiger partial charge >= 0.3 is 0 Å². The van der Waals surface area contributed by atoms with Crippen LogP contribution in [0.1, 0.15) is 40.1 Å². The minimum Gasteiger partial charge on any atom is -0.386 e. The second-order valence-electron chi connectivity index (χ2n) is 5.60. The second-order valence-corrected chi connectivity index (χ2v) is 5.60. The maximum atomic E-state index is 12.5. The number of hydrogen-bond acceptors (Lipinski definition) is 3. The number of fused-ring (bicyclic) bond motifs is 1. The lowest BCUT2D eigenvalue weighted by Crippen LogP contribution is -2.29. The molecule has 0 fully saturated rings. The molecule has 1 N–H and O–H groups in total. The normalized spacial score (nSPS) is 14.5. The highest BCUT2D eigenvalue weighted by atomic mass is 16.3. The van der Waals surface area contributed by atoms with E-state index >= 15 is 0 Å². The minimum atomic E-state index is -1.06. The smallest absolute Gasteiger partial charge is 0.266 e. The Morgan fingerprint density at radius 1 is 0.905 bits per heavy atom. The molecule has 4 heteroatoms. The quantitative estimate of drug-likeness (QED) is 0.861. The van der Waals surface area contributed by atoms with Crippen LogP contribution in [-0.4, -0.2) is 16.9 Å². The molecule has 0 aliphatic carbocycles. The van der Waals surface area contributed by atoms with E-state index in [-0.39, 0.29) is 11.8 Å². The van der Waals surface area contributed by atoms with Crippen molar-refractivity contribution in [3.63, 3.8) is 0 Å². The van der Waals surface area contributed by atoms with Crippen LogP contribution in [0.15, 0.2) is 48.5 Å². The summed E-state index contributed by atoms with van der Waals surface area (Å²) in [4.78, 5) is 26.1. The molecule has 4 nitrogen and oxygen atoms in total. The fourth-order valence-corrected chi connectivity index (χ4v) is 2.43. The van der Waals surface area contributed by atoms with E-state index in [0.29, 0.717) is 22.4 Å². The molecule has 1 aliphatic rings. The maximum Gasteiger partial charge on any atom is 0.266 e. The number of anilines is 1. The predicted molar refractivity (Wildman–Crippen MR) is 79.3 cm³/mol. The van der Waals surface area contributed by atoms with Crippen LogP contribution >= 0.6 is 0 Å². The van der Waals surface area contributed by atoms with Crippen molar-refractivity contribution in [1.82, 2.24) is 0 Å². The molecule has 3 rings (SSSR count). The van der Waals surface area contributed by atoms with Crippen LogP contribution in [0, 0.1) is 0 Å². The Balaban J connectivity index is 2.09. The van der Waals surface area contributed by atoms with Gasteiger partial charge in [0.2, 0.25) is 0 Å². The van der Waals surface area contributed by atoms with E-state index < -0.39 is 5.60 Å². The average molecular weight is 281 g/mol. The summed E-state index contributed by atoms with van der Waals surface area (Å²) < 4.78 is 0. The van der Waals surface area contributed by atoms with Crippen molar-refractivity contribution < 1.29 is 14.7 Å². The van der Waals surface area contributed by atoms with Crippen LogP contribution in [0.25, 0.3) is 0 Å². The molecular weight excluding hydrogens is 266 g/mol. The van der Waals surface area contributed by atoms with E-state index in [1.165, 1.54) is 4.90 Å². The SMILES string of the molecule is CC(C)(O)c1ccc2c(c1)C(=O)N(c1ccccc1)C2=O. The minimum absolute atomic E-state index is 0.330. The zero-order chi connectivity index (χ0) is 15.2. The highest BCUT2D eigenvalue weighted by molar-refractivity contribution is 6.34. The number of carbonyl (C=O) groups is 2. The Morgan fingerprint density at radius 3 is 2.14 bits per heavy atom. The van der Waals surface area contributed by atoms with Crippen molar-refractivity contribution >= 4 is 17.5 Å². The highest BCUT2D eigenvalue weighted by Gasteiger charge is 2.37. The zero-order valence-corrected chi connectivity index (χ0v) is 11.8. The lowest BCUT2D eigenvalue weighted by Gasteiger charge is -2.18. The van der Waals surface area contributed by atoms with Gasteiger partial charge in [-0.05, 0) is 43.7 Å². The van der Waals surface area contributed by atoms with E-state index in [1.807, 2.05) is 6.07 Å². The third-order valence-electron chi connectivity index (χ3n) is 3.61. The molecule has 0 aromatic heterocycles. The van der Waals surface area contributed by atoms with Gasteiger partial charge in [0.05, 0.1) is 22.4 Å². The van der Waals surface area contributed by atoms with E-state index in [4.69, 9.17) is 0 Å². The molecule has 0 radical (unpaired) electrons. The molecule has 0 bridgehead atoms. The summed E-state index contributed by atoms with van der Waals surface area (Å²) >= 11 is 0. The number of nitrogens with zero attached hydrogens (tertiary/aromatic N) is 1. The van der Waals surface area contributed by atoms with Gasteiger partial charge in [-0.25, -0.2) is 4.90 Å². The monoisotopic (exact) mass is 281 g/mol. The molecule has 0 saturated heterocycles. The summed E-state index contributed by atoms with van der Waals surface area (Å²) in [6, 6.07) is 13.7. The Bertz CT molecular complexity index is 729. The van der Waals surface area contributed by atoms with E-state index in [1.54, 1.807) is 56.3 Å². The first-order chi connectivity index (χ1) is 9.89. The van der Waals surface area contributed by atoms with Gasteiger partial charge in [-0.3, -0.25) is 9.59 Å². The van der Waals surface area contributed by atoms with E-state index in [9.17, 15) is 14.7 Å². The summed E-state index contributed by atoms with van der Waals surface area (Å²) in [5.74, 6) is -0.684. The Labute approximate surface area is 122 Å². The van der Waals surface area contributed by atoms with Crippen LogP contribution in [0.2, 0.25) is 0 Å². The van der Waals surface area contributed by atoms with Gasteiger partial charge in [-0.15, -0.1) is 0 Å². The number of imide groups is 1. The molecule has 0 atom stereocenters. The largest absolute Gasteiger partial charge is 0.386 e. The van der Waals surface area contributed by atoms with Gasteiger partial charge in [-0.2, -0.15) is 0 Å². The van der Waals surface area contributed by atoms with Gasteiger partial charge in [0.1, 0.15) is 0 Å². The molecule has 21 heavy (non-hydrogen) atoms.